The Morgan fingerprint density at radius 3 is 2.63 bits per heavy atom. The Labute approximate surface area is 171 Å². The fourth-order valence-electron chi connectivity index (χ4n) is 2.31. The molecule has 1 N–H and O–H groups in total. The number of nitrogens with one attached hydrogen (secondary N) is 1. The second kappa shape index (κ2) is 9.35. The number of halogens is 2. The smallest absolute Gasteiger partial charge is 0.271 e. The molecule has 0 aliphatic heterocycles. The molecule has 0 saturated carbocycles. The Bertz CT molecular complexity index is 961. The van der Waals surface area contributed by atoms with Crippen LogP contribution in [0.15, 0.2) is 82.4 Å². The lowest BCUT2D eigenvalue weighted by Gasteiger charge is -2.08. The van der Waals surface area contributed by atoms with Crippen LogP contribution in [0.2, 0.25) is 5.02 Å². The van der Waals surface area contributed by atoms with Crippen molar-refractivity contribution < 1.29 is 9.53 Å². The number of carbonyl (C=O) groups excluding carboxylic acids is 1. The lowest BCUT2D eigenvalue weighted by molar-refractivity contribution is 0.0955. The highest BCUT2D eigenvalue weighted by molar-refractivity contribution is 9.10. The highest BCUT2D eigenvalue weighted by Crippen LogP contribution is 2.25. The van der Waals surface area contributed by atoms with Crippen LogP contribution in [0.3, 0.4) is 0 Å². The van der Waals surface area contributed by atoms with Crippen molar-refractivity contribution in [2.75, 3.05) is 0 Å². The summed E-state index contributed by atoms with van der Waals surface area (Å²) in [6, 6.07) is 22.3. The zero-order valence-corrected chi connectivity index (χ0v) is 16.6. The Morgan fingerprint density at radius 2 is 1.89 bits per heavy atom. The number of hydrazone groups is 1. The first kappa shape index (κ1) is 19.1. The molecule has 0 unspecified atom stereocenters. The number of ether oxygens (including phenoxy) is 1. The third-order valence-corrected chi connectivity index (χ3v) is 4.45. The number of amides is 1. The molecule has 0 heterocycles. The van der Waals surface area contributed by atoms with E-state index in [-0.39, 0.29) is 5.91 Å². The molecular weight excluding hydrogens is 428 g/mol. The minimum absolute atomic E-state index is 0.290. The van der Waals surface area contributed by atoms with Gasteiger partial charge >= 0.3 is 0 Å². The summed E-state index contributed by atoms with van der Waals surface area (Å²) >= 11 is 9.60. The molecule has 3 aromatic carbocycles. The molecular formula is C21H16BrClN2O2. The third-order valence-electron chi connectivity index (χ3n) is 3.66. The molecule has 27 heavy (non-hydrogen) atoms. The molecule has 0 fully saturated rings. The monoisotopic (exact) mass is 442 g/mol. The van der Waals surface area contributed by atoms with Crippen molar-refractivity contribution in [3.05, 3.63) is 99.0 Å². The van der Waals surface area contributed by atoms with E-state index in [9.17, 15) is 4.79 Å². The number of benzene rings is 3. The van der Waals surface area contributed by atoms with E-state index in [1.807, 2.05) is 42.5 Å². The summed E-state index contributed by atoms with van der Waals surface area (Å²) < 4.78 is 6.57. The van der Waals surface area contributed by atoms with Gasteiger partial charge in [0.1, 0.15) is 12.4 Å². The molecule has 0 bridgehead atoms. The molecule has 136 valence electrons. The molecule has 0 spiro atoms. The fourth-order valence-corrected chi connectivity index (χ4v) is 2.95. The third kappa shape index (κ3) is 5.67. The largest absolute Gasteiger partial charge is 0.487 e. The van der Waals surface area contributed by atoms with Gasteiger partial charge in [-0.25, -0.2) is 5.43 Å². The van der Waals surface area contributed by atoms with E-state index in [2.05, 4.69) is 26.5 Å². The zero-order valence-electron chi connectivity index (χ0n) is 14.2. The summed E-state index contributed by atoms with van der Waals surface area (Å²) in [6.07, 6.45) is 1.53. The van der Waals surface area contributed by atoms with Crippen molar-refractivity contribution in [1.82, 2.24) is 5.43 Å². The van der Waals surface area contributed by atoms with Gasteiger partial charge in [-0.3, -0.25) is 4.79 Å². The van der Waals surface area contributed by atoms with E-state index >= 15 is 0 Å². The van der Waals surface area contributed by atoms with Gasteiger partial charge in [0.05, 0.1) is 11.2 Å². The molecule has 0 aromatic heterocycles. The highest BCUT2D eigenvalue weighted by atomic mass is 79.9. The minimum atomic E-state index is -0.290. The molecule has 3 rings (SSSR count). The van der Waals surface area contributed by atoms with Gasteiger partial charge in [-0.15, -0.1) is 0 Å². The second-order valence-corrected chi connectivity index (χ2v) is 7.00. The van der Waals surface area contributed by atoms with E-state index < -0.39 is 0 Å². The van der Waals surface area contributed by atoms with Crippen molar-refractivity contribution in [3.8, 4) is 5.75 Å². The number of hydrogen-bond acceptors (Lipinski definition) is 3. The van der Waals surface area contributed by atoms with Crippen molar-refractivity contribution in [2.24, 2.45) is 5.10 Å². The molecule has 0 aliphatic carbocycles. The Morgan fingerprint density at radius 1 is 1.07 bits per heavy atom. The zero-order chi connectivity index (χ0) is 19.1. The molecule has 4 nitrogen and oxygen atoms in total. The van der Waals surface area contributed by atoms with Gasteiger partial charge in [-0.1, -0.05) is 63.9 Å². The summed E-state index contributed by atoms with van der Waals surface area (Å²) in [7, 11) is 0. The van der Waals surface area contributed by atoms with Crippen LogP contribution >= 0.6 is 27.5 Å². The van der Waals surface area contributed by atoms with Crippen LogP contribution in [0.25, 0.3) is 0 Å². The molecule has 0 saturated heterocycles. The molecule has 3 aromatic rings. The highest BCUT2D eigenvalue weighted by Gasteiger charge is 2.05. The van der Waals surface area contributed by atoms with Crippen molar-refractivity contribution in [1.29, 1.82) is 0 Å². The first-order chi connectivity index (χ1) is 13.1. The van der Waals surface area contributed by atoms with E-state index in [0.29, 0.717) is 22.9 Å². The fraction of sp³-hybridized carbons (Fsp3) is 0.0476. The van der Waals surface area contributed by atoms with Crippen LogP contribution in [-0.2, 0) is 6.61 Å². The predicted molar refractivity (Wildman–Crippen MR) is 111 cm³/mol. The van der Waals surface area contributed by atoms with E-state index in [1.54, 1.807) is 30.3 Å². The number of carbonyl (C=O) groups is 1. The second-order valence-electron chi connectivity index (χ2n) is 5.67. The van der Waals surface area contributed by atoms with Gasteiger partial charge in [0.15, 0.2) is 0 Å². The Kier molecular flexibility index (Phi) is 6.63. The maximum absolute atomic E-state index is 12.0. The average Bonchev–Trinajstić information content (AvgIpc) is 2.68. The van der Waals surface area contributed by atoms with Crippen molar-refractivity contribution in [3.63, 3.8) is 0 Å². The van der Waals surface area contributed by atoms with E-state index in [1.165, 1.54) is 6.21 Å². The van der Waals surface area contributed by atoms with Crippen LogP contribution in [-0.4, -0.2) is 12.1 Å². The summed E-state index contributed by atoms with van der Waals surface area (Å²) in [6.45, 7) is 0.441. The maximum atomic E-state index is 12.0. The SMILES string of the molecule is O=C(N/N=C\c1ccc(OCc2ccccc2)c(Cl)c1)c1cccc(Br)c1. The Hall–Kier alpha value is -2.63. The van der Waals surface area contributed by atoms with Crippen LogP contribution in [0.5, 0.6) is 5.75 Å². The van der Waals surface area contributed by atoms with Gasteiger partial charge in [0.25, 0.3) is 5.91 Å². The van der Waals surface area contributed by atoms with Crippen molar-refractivity contribution >= 4 is 39.7 Å². The summed E-state index contributed by atoms with van der Waals surface area (Å²) in [5.74, 6) is 0.303. The van der Waals surface area contributed by atoms with Gasteiger partial charge in [0, 0.05) is 10.0 Å². The first-order valence-corrected chi connectivity index (χ1v) is 9.34. The average molecular weight is 444 g/mol. The minimum Gasteiger partial charge on any atom is -0.487 e. The lowest BCUT2D eigenvalue weighted by atomic mass is 10.2. The standard InChI is InChI=1S/C21H16BrClN2O2/c22-18-8-4-7-17(12-18)21(26)25-24-13-16-9-10-20(19(23)11-16)27-14-15-5-2-1-3-6-15/h1-13H,14H2,(H,25,26)/b24-13-. The molecule has 0 atom stereocenters. The summed E-state index contributed by atoms with van der Waals surface area (Å²) in [5.41, 5.74) is 4.82. The maximum Gasteiger partial charge on any atom is 0.271 e. The van der Waals surface area contributed by atoms with Crippen molar-refractivity contribution in [2.45, 2.75) is 6.61 Å². The number of nitrogens with zero attached hydrogens (tertiary/aromatic N) is 1. The lowest BCUT2D eigenvalue weighted by Crippen LogP contribution is -2.17. The summed E-state index contributed by atoms with van der Waals surface area (Å²) in [5, 5.41) is 4.45. The number of rotatable bonds is 6. The first-order valence-electron chi connectivity index (χ1n) is 8.17. The summed E-state index contributed by atoms with van der Waals surface area (Å²) in [4.78, 5) is 12.0. The molecule has 0 aliphatic rings. The van der Waals surface area contributed by atoms with Gasteiger partial charge in [-0.05, 0) is 47.5 Å². The Balaban J connectivity index is 1.58. The number of hydrogen-bond donors (Lipinski definition) is 1. The normalized spacial score (nSPS) is 10.7. The molecule has 0 radical (unpaired) electrons. The van der Waals surface area contributed by atoms with Crippen LogP contribution in [0, 0.1) is 0 Å². The van der Waals surface area contributed by atoms with Gasteiger partial charge in [-0.2, -0.15) is 5.10 Å². The van der Waals surface area contributed by atoms with Gasteiger partial charge < -0.3 is 4.74 Å². The van der Waals surface area contributed by atoms with Crippen LogP contribution in [0.1, 0.15) is 21.5 Å². The molecule has 6 heteroatoms. The van der Waals surface area contributed by atoms with E-state index in [0.717, 1.165) is 15.6 Å². The topological polar surface area (TPSA) is 50.7 Å². The predicted octanol–water partition coefficient (Wildman–Crippen LogP) is 5.45. The molecule has 1 amide bonds. The van der Waals surface area contributed by atoms with Gasteiger partial charge in [0.2, 0.25) is 0 Å². The van der Waals surface area contributed by atoms with Crippen LogP contribution in [0.4, 0.5) is 0 Å². The quantitative estimate of drug-likeness (QED) is 0.407. The van der Waals surface area contributed by atoms with E-state index in [4.69, 9.17) is 16.3 Å². The van der Waals surface area contributed by atoms with Crippen LogP contribution < -0.4 is 10.2 Å².